The average Bonchev–Trinajstić information content (AvgIpc) is 2.74. The van der Waals surface area contributed by atoms with Crippen LogP contribution >= 0.6 is 0 Å². The zero-order valence-corrected chi connectivity index (χ0v) is 11.4. The number of amides is 1. The number of hydrogen-bond donors (Lipinski definition) is 1. The first-order valence-corrected chi connectivity index (χ1v) is 6.51. The van der Waals surface area contributed by atoms with Crippen molar-refractivity contribution in [2.45, 2.75) is 38.4 Å². The maximum atomic E-state index is 13.3. The van der Waals surface area contributed by atoms with Crippen molar-refractivity contribution in [3.05, 3.63) is 35.4 Å². The lowest BCUT2D eigenvalue weighted by Gasteiger charge is -2.29. The van der Waals surface area contributed by atoms with E-state index in [9.17, 15) is 18.0 Å². The van der Waals surface area contributed by atoms with E-state index in [-0.39, 0.29) is 30.4 Å². The first kappa shape index (κ1) is 14.8. The van der Waals surface area contributed by atoms with E-state index in [1.807, 2.05) is 13.8 Å². The Morgan fingerprint density at radius 3 is 2.10 bits per heavy atom. The van der Waals surface area contributed by atoms with Crippen LogP contribution in [0.2, 0.25) is 0 Å². The molecule has 1 saturated heterocycles. The van der Waals surface area contributed by atoms with Gasteiger partial charge in [-0.25, -0.2) is 5.01 Å². The SMILES string of the molecule is CC(C)c1ccc(C(N2CCC(=O)N2)C(F)(F)F)cc1. The second kappa shape index (κ2) is 5.44. The molecule has 0 radical (unpaired) electrons. The third kappa shape index (κ3) is 3.12. The third-order valence-corrected chi connectivity index (χ3v) is 3.39. The molecule has 110 valence electrons. The van der Waals surface area contributed by atoms with E-state index >= 15 is 0 Å². The van der Waals surface area contributed by atoms with E-state index in [0.29, 0.717) is 0 Å². The molecule has 1 unspecified atom stereocenters. The molecule has 1 aliphatic rings. The van der Waals surface area contributed by atoms with Gasteiger partial charge in [-0.05, 0) is 17.0 Å². The summed E-state index contributed by atoms with van der Waals surface area (Å²) in [4.78, 5) is 11.1. The lowest BCUT2D eigenvalue weighted by atomic mass is 9.98. The van der Waals surface area contributed by atoms with Crippen LogP contribution in [0.15, 0.2) is 24.3 Å². The maximum absolute atomic E-state index is 13.3. The van der Waals surface area contributed by atoms with Crippen LogP contribution in [0.4, 0.5) is 13.2 Å². The van der Waals surface area contributed by atoms with Crippen molar-refractivity contribution in [1.82, 2.24) is 10.4 Å². The molecule has 0 spiro atoms. The molecule has 0 aliphatic carbocycles. The summed E-state index contributed by atoms with van der Waals surface area (Å²) in [6, 6.07) is 4.58. The molecule has 20 heavy (non-hydrogen) atoms. The molecule has 0 aromatic heterocycles. The monoisotopic (exact) mass is 286 g/mol. The average molecular weight is 286 g/mol. The summed E-state index contributed by atoms with van der Waals surface area (Å²) in [5.74, 6) is -0.113. The van der Waals surface area contributed by atoms with Crippen molar-refractivity contribution in [3.8, 4) is 0 Å². The van der Waals surface area contributed by atoms with E-state index in [1.165, 1.54) is 12.1 Å². The van der Waals surface area contributed by atoms with Crippen molar-refractivity contribution < 1.29 is 18.0 Å². The molecular formula is C14H17F3N2O. The van der Waals surface area contributed by atoms with E-state index in [2.05, 4.69) is 5.43 Å². The largest absolute Gasteiger partial charge is 0.409 e. The van der Waals surface area contributed by atoms with Crippen molar-refractivity contribution in [1.29, 1.82) is 0 Å². The summed E-state index contributed by atoms with van der Waals surface area (Å²) >= 11 is 0. The standard InChI is InChI=1S/C14H17F3N2O/c1-9(2)10-3-5-11(6-4-10)13(14(15,16)17)19-8-7-12(20)18-19/h3-6,9,13H,7-8H2,1-2H3,(H,18,20). The normalized spacial score (nSPS) is 18.4. The van der Waals surface area contributed by atoms with Gasteiger partial charge in [-0.3, -0.25) is 10.2 Å². The summed E-state index contributed by atoms with van der Waals surface area (Å²) in [7, 11) is 0. The fourth-order valence-corrected chi connectivity index (χ4v) is 2.30. The Kier molecular flexibility index (Phi) is 4.04. The van der Waals surface area contributed by atoms with Crippen molar-refractivity contribution in [3.63, 3.8) is 0 Å². The van der Waals surface area contributed by atoms with E-state index in [1.54, 1.807) is 12.1 Å². The summed E-state index contributed by atoms with van der Waals surface area (Å²) in [5, 5.41) is 0.965. The Balaban J connectivity index is 2.29. The number of nitrogens with one attached hydrogen (secondary N) is 1. The molecule has 3 nitrogen and oxygen atoms in total. The summed E-state index contributed by atoms with van der Waals surface area (Å²) in [6.07, 6.45) is -4.34. The molecule has 1 N–H and O–H groups in total. The van der Waals surface area contributed by atoms with Crippen LogP contribution in [0.1, 0.15) is 43.4 Å². The Hall–Kier alpha value is -1.56. The summed E-state index contributed by atoms with van der Waals surface area (Å²) < 4.78 is 39.8. The van der Waals surface area contributed by atoms with E-state index in [4.69, 9.17) is 0 Å². The van der Waals surface area contributed by atoms with Gasteiger partial charge < -0.3 is 0 Å². The lowest BCUT2D eigenvalue weighted by molar-refractivity contribution is -0.191. The highest BCUT2D eigenvalue weighted by molar-refractivity contribution is 5.77. The molecule has 0 bridgehead atoms. The number of alkyl halides is 3. The van der Waals surface area contributed by atoms with Gasteiger partial charge in [0.2, 0.25) is 5.91 Å². The van der Waals surface area contributed by atoms with Crippen LogP contribution in [0.5, 0.6) is 0 Å². The van der Waals surface area contributed by atoms with Crippen molar-refractivity contribution in [2.24, 2.45) is 0 Å². The van der Waals surface area contributed by atoms with Crippen molar-refractivity contribution in [2.75, 3.05) is 6.54 Å². The third-order valence-electron chi connectivity index (χ3n) is 3.39. The summed E-state index contributed by atoms with van der Waals surface area (Å²) in [6.45, 7) is 4.03. The maximum Gasteiger partial charge on any atom is 0.409 e. The van der Waals surface area contributed by atoms with Crippen LogP contribution in [0.25, 0.3) is 0 Å². The molecule has 1 heterocycles. The highest BCUT2D eigenvalue weighted by Gasteiger charge is 2.46. The second-order valence-electron chi connectivity index (χ2n) is 5.24. The zero-order valence-electron chi connectivity index (χ0n) is 11.4. The fourth-order valence-electron chi connectivity index (χ4n) is 2.30. The van der Waals surface area contributed by atoms with Crippen LogP contribution in [0.3, 0.4) is 0 Å². The Morgan fingerprint density at radius 1 is 1.15 bits per heavy atom. The number of rotatable bonds is 3. The Bertz CT molecular complexity index is 482. The molecule has 1 atom stereocenters. The smallest absolute Gasteiger partial charge is 0.288 e. The van der Waals surface area contributed by atoms with E-state index < -0.39 is 12.2 Å². The quantitative estimate of drug-likeness (QED) is 0.925. The number of carbonyl (C=O) groups is 1. The molecule has 0 saturated carbocycles. The number of carbonyl (C=O) groups excluding carboxylic acids is 1. The molecule has 1 amide bonds. The van der Waals surface area contributed by atoms with Gasteiger partial charge in [0.15, 0.2) is 0 Å². The molecule has 2 rings (SSSR count). The first-order chi connectivity index (χ1) is 9.29. The molecular weight excluding hydrogens is 269 g/mol. The topological polar surface area (TPSA) is 32.3 Å². The molecule has 1 aromatic carbocycles. The second-order valence-corrected chi connectivity index (χ2v) is 5.24. The van der Waals surface area contributed by atoms with Gasteiger partial charge in [-0.15, -0.1) is 0 Å². The van der Waals surface area contributed by atoms with Crippen LogP contribution in [-0.4, -0.2) is 23.6 Å². The first-order valence-electron chi connectivity index (χ1n) is 6.51. The number of halogens is 3. The molecule has 1 aromatic rings. The van der Waals surface area contributed by atoms with Crippen LogP contribution < -0.4 is 5.43 Å². The molecule has 1 aliphatic heterocycles. The number of benzene rings is 1. The minimum absolute atomic E-state index is 0.0644. The van der Waals surface area contributed by atoms with Gasteiger partial charge >= 0.3 is 6.18 Å². The summed E-state index contributed by atoms with van der Waals surface area (Å²) in [5.41, 5.74) is 3.40. The zero-order chi connectivity index (χ0) is 14.9. The number of hydrazine groups is 1. The number of hydrogen-bond acceptors (Lipinski definition) is 2. The number of nitrogens with zero attached hydrogens (tertiary/aromatic N) is 1. The molecule has 1 fully saturated rings. The van der Waals surface area contributed by atoms with E-state index in [0.717, 1.165) is 10.6 Å². The molecule has 6 heteroatoms. The highest BCUT2D eigenvalue weighted by atomic mass is 19.4. The lowest BCUT2D eigenvalue weighted by Crippen LogP contribution is -2.43. The predicted octanol–water partition coefficient (Wildman–Crippen LogP) is 3.15. The van der Waals surface area contributed by atoms with Gasteiger partial charge in [-0.2, -0.15) is 13.2 Å². The van der Waals surface area contributed by atoms with Crippen molar-refractivity contribution >= 4 is 5.91 Å². The van der Waals surface area contributed by atoms with Gasteiger partial charge in [0.25, 0.3) is 0 Å². The van der Waals surface area contributed by atoms with Crippen LogP contribution in [0, 0.1) is 0 Å². The van der Waals surface area contributed by atoms with Crippen LogP contribution in [-0.2, 0) is 4.79 Å². The van der Waals surface area contributed by atoms with Gasteiger partial charge in [0, 0.05) is 13.0 Å². The highest BCUT2D eigenvalue weighted by Crippen LogP contribution is 2.38. The van der Waals surface area contributed by atoms with Gasteiger partial charge in [-0.1, -0.05) is 38.1 Å². The fraction of sp³-hybridized carbons (Fsp3) is 0.500. The Morgan fingerprint density at radius 2 is 1.70 bits per heavy atom. The predicted molar refractivity (Wildman–Crippen MR) is 68.8 cm³/mol. The Labute approximate surface area is 115 Å². The minimum atomic E-state index is -4.43. The van der Waals surface area contributed by atoms with Gasteiger partial charge in [0.1, 0.15) is 6.04 Å². The van der Waals surface area contributed by atoms with Gasteiger partial charge in [0.05, 0.1) is 0 Å². The minimum Gasteiger partial charge on any atom is -0.288 e.